The van der Waals surface area contributed by atoms with Crippen molar-refractivity contribution in [2.45, 2.75) is 37.8 Å². The number of benzene rings is 1. The fourth-order valence-electron chi connectivity index (χ4n) is 4.51. The number of hydrogen-bond acceptors (Lipinski definition) is 4. The summed E-state index contributed by atoms with van der Waals surface area (Å²) in [6, 6.07) is 5.43. The van der Waals surface area contributed by atoms with Gasteiger partial charge in [-0.15, -0.1) is 0 Å². The Morgan fingerprint density at radius 1 is 1.29 bits per heavy atom. The second-order valence-corrected chi connectivity index (χ2v) is 8.82. The molecule has 6 nitrogen and oxygen atoms in total. The summed E-state index contributed by atoms with van der Waals surface area (Å²) in [4.78, 5) is 13.0. The topological polar surface area (TPSA) is 72.1 Å². The van der Waals surface area contributed by atoms with Gasteiger partial charge in [-0.2, -0.15) is 5.10 Å². The number of furan rings is 1. The molecular formula is C22H21BrF2N4O2. The van der Waals surface area contributed by atoms with Crippen molar-refractivity contribution in [3.05, 3.63) is 63.7 Å². The third-order valence-electron chi connectivity index (χ3n) is 6.03. The molecule has 162 valence electrons. The Balaban J connectivity index is 1.40. The van der Waals surface area contributed by atoms with Gasteiger partial charge in [0, 0.05) is 37.0 Å². The zero-order valence-electron chi connectivity index (χ0n) is 16.6. The lowest BCUT2D eigenvalue weighted by Gasteiger charge is -2.33. The van der Waals surface area contributed by atoms with Gasteiger partial charge >= 0.3 is 0 Å². The molecule has 2 N–H and O–H groups in total. The number of nitrogens with zero attached hydrogens (tertiary/aromatic N) is 2. The highest BCUT2D eigenvalue weighted by molar-refractivity contribution is 9.10. The van der Waals surface area contributed by atoms with Crippen LogP contribution in [0.1, 0.15) is 40.6 Å². The van der Waals surface area contributed by atoms with E-state index in [1.165, 1.54) is 6.07 Å². The van der Waals surface area contributed by atoms with Gasteiger partial charge in [-0.3, -0.25) is 9.48 Å². The van der Waals surface area contributed by atoms with Crippen LogP contribution >= 0.6 is 15.9 Å². The van der Waals surface area contributed by atoms with E-state index in [1.807, 2.05) is 4.68 Å². The number of amides is 1. The second-order valence-electron chi connectivity index (χ2n) is 7.97. The third kappa shape index (κ3) is 3.80. The van der Waals surface area contributed by atoms with E-state index in [4.69, 9.17) is 4.42 Å². The highest BCUT2D eigenvalue weighted by atomic mass is 79.9. The molecule has 0 aliphatic carbocycles. The lowest BCUT2D eigenvalue weighted by atomic mass is 9.86. The van der Waals surface area contributed by atoms with Gasteiger partial charge in [0.25, 0.3) is 5.91 Å². The van der Waals surface area contributed by atoms with Crippen molar-refractivity contribution >= 4 is 21.8 Å². The molecule has 5 rings (SSSR count). The van der Waals surface area contributed by atoms with Crippen molar-refractivity contribution in [1.82, 2.24) is 20.4 Å². The Bertz CT molecular complexity index is 1140. The number of rotatable bonds is 3. The Morgan fingerprint density at radius 2 is 2.16 bits per heavy atom. The Kier molecular flexibility index (Phi) is 5.39. The normalized spacial score (nSPS) is 20.6. The van der Waals surface area contributed by atoms with Crippen LogP contribution < -0.4 is 10.6 Å². The van der Waals surface area contributed by atoms with Gasteiger partial charge < -0.3 is 15.1 Å². The molecule has 2 atom stereocenters. The quantitative estimate of drug-likeness (QED) is 0.581. The van der Waals surface area contributed by atoms with Gasteiger partial charge in [0.2, 0.25) is 0 Å². The van der Waals surface area contributed by atoms with E-state index in [-0.39, 0.29) is 23.6 Å². The molecule has 1 fully saturated rings. The van der Waals surface area contributed by atoms with Gasteiger partial charge in [0.1, 0.15) is 5.76 Å². The third-order valence-corrected chi connectivity index (χ3v) is 6.61. The summed E-state index contributed by atoms with van der Waals surface area (Å²) >= 11 is 3.54. The number of carbonyl (C=O) groups is 1. The highest BCUT2D eigenvalue weighted by Crippen LogP contribution is 2.36. The number of fused-ring (bicyclic) bond motifs is 3. The van der Waals surface area contributed by atoms with Crippen LogP contribution in [0.25, 0.3) is 11.3 Å². The minimum atomic E-state index is -0.877. The zero-order chi connectivity index (χ0) is 21.5. The molecule has 2 aliphatic rings. The van der Waals surface area contributed by atoms with Crippen LogP contribution in [0.2, 0.25) is 0 Å². The fraction of sp³-hybridized carbons (Fsp3) is 0.364. The van der Waals surface area contributed by atoms with Crippen LogP contribution in [0.4, 0.5) is 8.78 Å². The molecule has 31 heavy (non-hydrogen) atoms. The summed E-state index contributed by atoms with van der Waals surface area (Å²) < 4.78 is 35.9. The van der Waals surface area contributed by atoms with Crippen LogP contribution in [-0.2, 0) is 13.0 Å². The number of hydrogen-bond donors (Lipinski definition) is 2. The van der Waals surface area contributed by atoms with Crippen LogP contribution in [-0.4, -0.2) is 34.8 Å². The summed E-state index contributed by atoms with van der Waals surface area (Å²) in [7, 11) is 0. The first-order valence-electron chi connectivity index (χ1n) is 10.3. The maximum absolute atomic E-state index is 13.8. The zero-order valence-corrected chi connectivity index (χ0v) is 18.2. The first-order chi connectivity index (χ1) is 15.0. The molecule has 0 saturated carbocycles. The molecule has 1 saturated heterocycles. The highest BCUT2D eigenvalue weighted by Gasteiger charge is 2.31. The van der Waals surface area contributed by atoms with Gasteiger partial charge in [0.15, 0.2) is 17.4 Å². The molecule has 0 unspecified atom stereocenters. The van der Waals surface area contributed by atoms with E-state index in [0.717, 1.165) is 53.5 Å². The van der Waals surface area contributed by atoms with Crippen LogP contribution in [0, 0.1) is 11.6 Å². The summed E-state index contributed by atoms with van der Waals surface area (Å²) in [5.41, 5.74) is 2.45. The summed E-state index contributed by atoms with van der Waals surface area (Å²) in [5, 5.41) is 10.7. The maximum atomic E-state index is 13.8. The molecule has 4 heterocycles. The lowest BCUT2D eigenvalue weighted by molar-refractivity contribution is 0.0894. The van der Waals surface area contributed by atoms with Crippen molar-refractivity contribution in [3.63, 3.8) is 0 Å². The number of carbonyl (C=O) groups excluding carboxylic acids is 1. The predicted molar refractivity (Wildman–Crippen MR) is 114 cm³/mol. The fourth-order valence-corrected chi connectivity index (χ4v) is 5.02. The van der Waals surface area contributed by atoms with E-state index in [2.05, 4.69) is 31.7 Å². The number of aryl methyl sites for hydroxylation is 2. The van der Waals surface area contributed by atoms with Crippen molar-refractivity contribution < 1.29 is 18.0 Å². The van der Waals surface area contributed by atoms with Gasteiger partial charge in [0.05, 0.1) is 16.4 Å². The van der Waals surface area contributed by atoms with E-state index in [0.29, 0.717) is 18.5 Å². The van der Waals surface area contributed by atoms with Gasteiger partial charge in [-0.1, -0.05) is 6.07 Å². The van der Waals surface area contributed by atoms with Gasteiger partial charge in [-0.25, -0.2) is 8.78 Å². The SMILES string of the molecule is O=C(N[C@@H]1CNCC[C@H]1c1ccc(F)c(F)c1)c1cc2c(o1)CCCn1ncc(Br)c1-2. The monoisotopic (exact) mass is 490 g/mol. The van der Waals surface area contributed by atoms with Crippen molar-refractivity contribution in [2.24, 2.45) is 0 Å². The van der Waals surface area contributed by atoms with Gasteiger partial charge in [-0.05, 0) is 59.1 Å². The molecule has 2 aromatic heterocycles. The van der Waals surface area contributed by atoms with Crippen molar-refractivity contribution in [1.29, 1.82) is 0 Å². The molecule has 3 aromatic rings. The van der Waals surface area contributed by atoms with Crippen molar-refractivity contribution in [2.75, 3.05) is 13.1 Å². The van der Waals surface area contributed by atoms with Crippen LogP contribution in [0.15, 0.2) is 39.4 Å². The van der Waals surface area contributed by atoms with E-state index in [9.17, 15) is 13.6 Å². The average molecular weight is 491 g/mol. The van der Waals surface area contributed by atoms with E-state index >= 15 is 0 Å². The number of piperidine rings is 1. The molecule has 0 radical (unpaired) electrons. The predicted octanol–water partition coefficient (Wildman–Crippen LogP) is 4.01. The van der Waals surface area contributed by atoms with E-state index < -0.39 is 11.6 Å². The van der Waals surface area contributed by atoms with Crippen LogP contribution in [0.3, 0.4) is 0 Å². The Labute approximate surface area is 186 Å². The average Bonchev–Trinajstić information content (AvgIpc) is 3.29. The number of aromatic nitrogens is 2. The maximum Gasteiger partial charge on any atom is 0.287 e. The Hall–Kier alpha value is -2.52. The molecule has 0 bridgehead atoms. The first kappa shape index (κ1) is 20.4. The van der Waals surface area contributed by atoms with Crippen molar-refractivity contribution in [3.8, 4) is 11.3 Å². The Morgan fingerprint density at radius 3 is 3.00 bits per heavy atom. The molecular weight excluding hydrogens is 470 g/mol. The molecule has 1 amide bonds. The minimum absolute atomic E-state index is 0.122. The largest absolute Gasteiger partial charge is 0.455 e. The second kappa shape index (κ2) is 8.20. The first-order valence-corrected chi connectivity index (χ1v) is 11.1. The standard InChI is InChI=1S/C22H21BrF2N4O2/c23-15-10-27-29-7-1-2-19-14(21(15)29)9-20(31-19)22(30)28-18-11-26-6-5-13(18)12-3-4-16(24)17(25)8-12/h3-4,8-10,13,18,26H,1-2,5-7,11H2,(H,28,30)/t13-,18+/m0/s1. The number of halogens is 3. The van der Waals surface area contributed by atoms with E-state index in [1.54, 1.807) is 18.3 Å². The number of nitrogens with one attached hydrogen (secondary N) is 2. The smallest absolute Gasteiger partial charge is 0.287 e. The molecule has 0 spiro atoms. The molecule has 9 heteroatoms. The van der Waals surface area contributed by atoms with Crippen LogP contribution in [0.5, 0.6) is 0 Å². The molecule has 2 aliphatic heterocycles. The summed E-state index contributed by atoms with van der Waals surface area (Å²) in [6.45, 7) is 2.06. The minimum Gasteiger partial charge on any atom is -0.455 e. The lowest BCUT2D eigenvalue weighted by Crippen LogP contribution is -2.50. The summed E-state index contributed by atoms with van der Waals surface area (Å²) in [5.74, 6) is -1.19. The summed E-state index contributed by atoms with van der Waals surface area (Å²) in [6.07, 6.45) is 4.04. The molecule has 1 aromatic carbocycles.